The number of aliphatic hydroxyl groups is 3. The predicted octanol–water partition coefficient (Wildman–Crippen LogP) is -1.45. The minimum absolute atomic E-state index is 0.313. The number of ether oxygens (including phenoxy) is 3. The number of benzene rings is 1. The van der Waals surface area contributed by atoms with Crippen molar-refractivity contribution in [3.8, 4) is 0 Å². The van der Waals surface area contributed by atoms with Crippen LogP contribution in [0.4, 0.5) is 0 Å². The van der Waals surface area contributed by atoms with E-state index in [0.29, 0.717) is 6.42 Å². The number of carbonyl (C=O) groups is 1. The number of aliphatic hydroxyl groups excluding tert-OH is 3. The third-order valence-corrected chi connectivity index (χ3v) is 3.89. The van der Waals surface area contributed by atoms with Crippen LogP contribution in [0.3, 0.4) is 0 Å². The highest BCUT2D eigenvalue weighted by Crippen LogP contribution is 2.22. The van der Waals surface area contributed by atoms with Gasteiger partial charge < -0.3 is 35.3 Å². The normalized spacial score (nSPS) is 31.5. The van der Waals surface area contributed by atoms with Crippen LogP contribution in [0.25, 0.3) is 0 Å². The van der Waals surface area contributed by atoms with Crippen molar-refractivity contribution in [1.29, 1.82) is 0 Å². The second kappa shape index (κ2) is 8.52. The number of hydrogen-bond acceptors (Lipinski definition) is 8. The summed E-state index contributed by atoms with van der Waals surface area (Å²) < 4.78 is 15.2. The molecule has 1 aromatic carbocycles. The van der Waals surface area contributed by atoms with Crippen LogP contribution in [-0.2, 0) is 25.4 Å². The molecule has 1 fully saturated rings. The smallest absolute Gasteiger partial charge is 0.323 e. The van der Waals surface area contributed by atoms with Gasteiger partial charge in [-0.05, 0) is 12.0 Å². The fraction of sp³-hybridized carbons (Fsp3) is 0.562. The first-order valence-electron chi connectivity index (χ1n) is 7.62. The van der Waals surface area contributed by atoms with E-state index in [2.05, 4.69) is 0 Å². The summed E-state index contributed by atoms with van der Waals surface area (Å²) in [6, 6.07) is 8.39. The molecule has 0 spiro atoms. The lowest BCUT2D eigenvalue weighted by Gasteiger charge is -2.39. The first kappa shape index (κ1) is 18.8. The van der Waals surface area contributed by atoms with Gasteiger partial charge in [0.15, 0.2) is 6.29 Å². The van der Waals surface area contributed by atoms with Crippen LogP contribution in [0.1, 0.15) is 5.56 Å². The number of methoxy groups -OCH3 is 1. The first-order chi connectivity index (χ1) is 11.4. The Kier molecular flexibility index (Phi) is 6.67. The summed E-state index contributed by atoms with van der Waals surface area (Å²) in [5, 5.41) is 29.3. The van der Waals surface area contributed by atoms with Gasteiger partial charge in [-0.25, -0.2) is 0 Å². The molecule has 8 heteroatoms. The molecule has 5 N–H and O–H groups in total. The SMILES string of the molecule is CO[C@H]1O[C@H](COC(=O)[C@@H](N)Cc2ccccc2)[C@@H](O)[C@H](O)[C@@H]1O. The second-order valence-electron chi connectivity index (χ2n) is 5.68. The van der Waals surface area contributed by atoms with Gasteiger partial charge in [0.2, 0.25) is 0 Å². The van der Waals surface area contributed by atoms with Crippen molar-refractivity contribution in [2.75, 3.05) is 13.7 Å². The van der Waals surface area contributed by atoms with E-state index in [1.54, 1.807) is 0 Å². The zero-order chi connectivity index (χ0) is 17.7. The molecule has 1 aliphatic rings. The Morgan fingerprint density at radius 1 is 1.21 bits per heavy atom. The number of rotatable bonds is 6. The molecule has 1 aliphatic heterocycles. The molecule has 0 radical (unpaired) electrons. The predicted molar refractivity (Wildman–Crippen MR) is 82.8 cm³/mol. The molecule has 0 bridgehead atoms. The molecule has 0 aromatic heterocycles. The minimum Gasteiger partial charge on any atom is -0.462 e. The third kappa shape index (κ3) is 4.50. The Bertz CT molecular complexity index is 524. The molecule has 1 heterocycles. The molecule has 0 saturated carbocycles. The van der Waals surface area contributed by atoms with Crippen molar-refractivity contribution in [2.24, 2.45) is 5.73 Å². The van der Waals surface area contributed by atoms with Crippen molar-refractivity contribution in [1.82, 2.24) is 0 Å². The summed E-state index contributed by atoms with van der Waals surface area (Å²) >= 11 is 0. The lowest BCUT2D eigenvalue weighted by atomic mass is 9.99. The monoisotopic (exact) mass is 341 g/mol. The molecular formula is C16H23NO7. The van der Waals surface area contributed by atoms with Crippen LogP contribution in [0.15, 0.2) is 30.3 Å². The molecule has 2 rings (SSSR count). The minimum atomic E-state index is -1.47. The van der Waals surface area contributed by atoms with Crippen molar-refractivity contribution >= 4 is 5.97 Å². The maximum Gasteiger partial charge on any atom is 0.323 e. The third-order valence-electron chi connectivity index (χ3n) is 3.89. The van der Waals surface area contributed by atoms with Gasteiger partial charge in [-0.1, -0.05) is 30.3 Å². The van der Waals surface area contributed by atoms with E-state index < -0.39 is 42.7 Å². The molecule has 134 valence electrons. The number of hydrogen-bond donors (Lipinski definition) is 4. The Hall–Kier alpha value is -1.55. The van der Waals surface area contributed by atoms with Crippen molar-refractivity contribution in [3.05, 3.63) is 35.9 Å². The van der Waals surface area contributed by atoms with E-state index in [9.17, 15) is 20.1 Å². The van der Waals surface area contributed by atoms with Crippen LogP contribution >= 0.6 is 0 Å². The van der Waals surface area contributed by atoms with Gasteiger partial charge in [-0.3, -0.25) is 4.79 Å². The van der Waals surface area contributed by atoms with Gasteiger partial charge in [0.05, 0.1) is 0 Å². The molecule has 24 heavy (non-hydrogen) atoms. The van der Waals surface area contributed by atoms with Gasteiger partial charge in [-0.2, -0.15) is 0 Å². The fourth-order valence-corrected chi connectivity index (χ4v) is 2.47. The highest BCUT2D eigenvalue weighted by molar-refractivity contribution is 5.75. The van der Waals surface area contributed by atoms with Crippen LogP contribution in [-0.4, -0.2) is 71.8 Å². The Labute approximate surface area is 139 Å². The number of esters is 1. The Morgan fingerprint density at radius 2 is 1.88 bits per heavy atom. The summed E-state index contributed by atoms with van der Waals surface area (Å²) in [6.07, 6.45) is -6.10. The first-order valence-corrected chi connectivity index (χ1v) is 7.62. The standard InChI is InChI=1S/C16H23NO7/c1-22-16-14(20)13(19)12(18)11(24-16)8-23-15(21)10(17)7-9-5-3-2-4-6-9/h2-6,10-14,16,18-20H,7-8,17H2,1H3/t10-,11+,12+,13-,14-,16-/m0/s1. The second-order valence-corrected chi connectivity index (χ2v) is 5.68. The van der Waals surface area contributed by atoms with Crippen molar-refractivity contribution in [2.45, 2.75) is 43.2 Å². The van der Waals surface area contributed by atoms with Crippen LogP contribution in [0.2, 0.25) is 0 Å². The highest BCUT2D eigenvalue weighted by atomic mass is 16.7. The Morgan fingerprint density at radius 3 is 2.50 bits per heavy atom. The maximum absolute atomic E-state index is 12.0. The summed E-state index contributed by atoms with van der Waals surface area (Å²) in [7, 11) is 1.29. The summed E-state index contributed by atoms with van der Waals surface area (Å²) in [4.78, 5) is 12.0. The quantitative estimate of drug-likeness (QED) is 0.462. The van der Waals surface area contributed by atoms with Crippen molar-refractivity contribution in [3.63, 3.8) is 0 Å². The lowest BCUT2D eigenvalue weighted by Crippen LogP contribution is -2.59. The molecule has 1 saturated heterocycles. The number of carbonyl (C=O) groups excluding carboxylic acids is 1. The molecular weight excluding hydrogens is 318 g/mol. The van der Waals surface area contributed by atoms with Crippen LogP contribution in [0, 0.1) is 0 Å². The van der Waals surface area contributed by atoms with Gasteiger partial charge >= 0.3 is 5.97 Å². The van der Waals surface area contributed by atoms with Crippen LogP contribution < -0.4 is 5.73 Å². The van der Waals surface area contributed by atoms with E-state index in [4.69, 9.17) is 19.9 Å². The summed E-state index contributed by atoms with van der Waals surface area (Å²) in [6.45, 7) is -0.313. The zero-order valence-electron chi connectivity index (χ0n) is 13.3. The van der Waals surface area contributed by atoms with E-state index in [-0.39, 0.29) is 6.61 Å². The van der Waals surface area contributed by atoms with E-state index in [1.165, 1.54) is 7.11 Å². The van der Waals surface area contributed by atoms with Crippen LogP contribution in [0.5, 0.6) is 0 Å². The van der Waals surface area contributed by atoms with Crippen molar-refractivity contribution < 1.29 is 34.3 Å². The topological polar surface area (TPSA) is 131 Å². The highest BCUT2D eigenvalue weighted by Gasteiger charge is 2.44. The largest absolute Gasteiger partial charge is 0.462 e. The van der Waals surface area contributed by atoms with Gasteiger partial charge in [-0.15, -0.1) is 0 Å². The Balaban J connectivity index is 1.86. The average molecular weight is 341 g/mol. The zero-order valence-corrected chi connectivity index (χ0v) is 13.3. The lowest BCUT2D eigenvalue weighted by molar-refractivity contribution is -0.295. The summed E-state index contributed by atoms with van der Waals surface area (Å²) in [5.41, 5.74) is 6.71. The van der Waals surface area contributed by atoms with Gasteiger partial charge in [0.25, 0.3) is 0 Å². The van der Waals surface area contributed by atoms with E-state index >= 15 is 0 Å². The molecule has 8 nitrogen and oxygen atoms in total. The van der Waals surface area contributed by atoms with E-state index in [0.717, 1.165) is 5.56 Å². The fourth-order valence-electron chi connectivity index (χ4n) is 2.47. The summed E-state index contributed by atoms with van der Waals surface area (Å²) in [5.74, 6) is -0.649. The number of nitrogens with two attached hydrogens (primary N) is 1. The van der Waals surface area contributed by atoms with Gasteiger partial charge in [0.1, 0.15) is 37.1 Å². The van der Waals surface area contributed by atoms with E-state index in [1.807, 2.05) is 30.3 Å². The molecule has 0 aliphatic carbocycles. The average Bonchev–Trinajstić information content (AvgIpc) is 2.59. The van der Waals surface area contributed by atoms with Gasteiger partial charge in [0, 0.05) is 7.11 Å². The maximum atomic E-state index is 12.0. The molecule has 1 aromatic rings. The molecule has 0 amide bonds. The molecule has 6 atom stereocenters. The molecule has 0 unspecified atom stereocenters.